The zero-order valence-corrected chi connectivity index (χ0v) is 18.2. The summed E-state index contributed by atoms with van der Waals surface area (Å²) >= 11 is 0. The normalized spacial score (nSPS) is 21.1. The van der Waals surface area contributed by atoms with Crippen molar-refractivity contribution in [2.24, 2.45) is 5.41 Å². The van der Waals surface area contributed by atoms with Crippen molar-refractivity contribution in [1.29, 1.82) is 0 Å². The number of hydrogen-bond acceptors (Lipinski definition) is 5. The van der Waals surface area contributed by atoms with Crippen molar-refractivity contribution in [3.63, 3.8) is 0 Å². The number of carbonyl (C=O) groups is 1. The second-order valence-corrected chi connectivity index (χ2v) is 9.03. The van der Waals surface area contributed by atoms with Crippen molar-refractivity contribution >= 4 is 5.91 Å². The Labute approximate surface area is 178 Å². The minimum atomic E-state index is -0.00654. The van der Waals surface area contributed by atoms with Gasteiger partial charge >= 0.3 is 0 Å². The van der Waals surface area contributed by atoms with Gasteiger partial charge < -0.3 is 14.8 Å². The minimum Gasteiger partial charge on any atom is -0.497 e. The lowest BCUT2D eigenvalue weighted by molar-refractivity contribution is -0.122. The molecule has 1 atom stereocenters. The number of nitrogens with one attached hydrogen (secondary N) is 1. The molecule has 1 aliphatic carbocycles. The average molecular weight is 413 g/mol. The van der Waals surface area contributed by atoms with Gasteiger partial charge in [0.2, 0.25) is 5.91 Å². The van der Waals surface area contributed by atoms with E-state index in [1.165, 1.54) is 5.69 Å². The van der Waals surface area contributed by atoms with Crippen molar-refractivity contribution in [1.82, 2.24) is 20.0 Å². The lowest BCUT2D eigenvalue weighted by Gasteiger charge is -2.36. The molecule has 1 aromatic heterocycles. The molecule has 0 saturated carbocycles. The Balaban J connectivity index is 1.48. The molecule has 0 radical (unpaired) electrons. The molecule has 2 aliphatic rings. The van der Waals surface area contributed by atoms with Gasteiger partial charge in [-0.1, -0.05) is 13.8 Å². The van der Waals surface area contributed by atoms with Crippen molar-refractivity contribution < 1.29 is 14.3 Å². The number of amides is 1. The van der Waals surface area contributed by atoms with E-state index in [0.29, 0.717) is 6.42 Å². The standard InChI is InChI=1S/C23H32N4O3/c1-23(2)14-20(25-22(28)8-9-26-10-12-30-13-11-26)19-16-24-27(21(19)15-23)17-4-6-18(29-3)7-5-17/h4-7,16,20H,8-15H2,1-3H3,(H,25,28)/t20-/m0/s1. The van der Waals surface area contributed by atoms with Crippen LogP contribution in [0.3, 0.4) is 0 Å². The number of methoxy groups -OCH3 is 1. The van der Waals surface area contributed by atoms with Gasteiger partial charge in [-0.2, -0.15) is 5.10 Å². The van der Waals surface area contributed by atoms with Gasteiger partial charge in [-0.05, 0) is 42.5 Å². The molecule has 1 N–H and O–H groups in total. The molecule has 1 amide bonds. The first-order valence-corrected chi connectivity index (χ1v) is 10.8. The van der Waals surface area contributed by atoms with E-state index in [1.807, 2.05) is 35.1 Å². The number of hydrogen-bond donors (Lipinski definition) is 1. The Morgan fingerprint density at radius 1 is 1.27 bits per heavy atom. The number of morpholine rings is 1. The van der Waals surface area contributed by atoms with E-state index in [4.69, 9.17) is 9.47 Å². The quantitative estimate of drug-likeness (QED) is 0.790. The van der Waals surface area contributed by atoms with Crippen molar-refractivity contribution in [2.75, 3.05) is 40.0 Å². The first kappa shape index (κ1) is 20.9. The summed E-state index contributed by atoms with van der Waals surface area (Å²) in [5.41, 5.74) is 3.39. The highest BCUT2D eigenvalue weighted by molar-refractivity contribution is 5.76. The molecule has 0 bridgehead atoms. The summed E-state index contributed by atoms with van der Waals surface area (Å²) in [6, 6.07) is 7.92. The highest BCUT2D eigenvalue weighted by atomic mass is 16.5. The number of rotatable bonds is 6. The van der Waals surface area contributed by atoms with Gasteiger partial charge in [-0.25, -0.2) is 4.68 Å². The van der Waals surface area contributed by atoms with E-state index < -0.39 is 0 Å². The highest BCUT2D eigenvalue weighted by Crippen LogP contribution is 2.41. The van der Waals surface area contributed by atoms with Gasteiger partial charge in [0, 0.05) is 31.6 Å². The number of aromatic nitrogens is 2. The summed E-state index contributed by atoms with van der Waals surface area (Å²) in [4.78, 5) is 15.0. The third-order valence-electron chi connectivity index (χ3n) is 6.09. The van der Waals surface area contributed by atoms with Gasteiger partial charge in [0.05, 0.1) is 43.9 Å². The molecule has 1 aliphatic heterocycles. The zero-order chi connectivity index (χ0) is 21.1. The molecular formula is C23H32N4O3. The highest BCUT2D eigenvalue weighted by Gasteiger charge is 2.36. The zero-order valence-electron chi connectivity index (χ0n) is 18.2. The maximum Gasteiger partial charge on any atom is 0.221 e. The molecule has 1 aromatic carbocycles. The van der Waals surface area contributed by atoms with Crippen LogP contribution in [0.5, 0.6) is 5.75 Å². The monoisotopic (exact) mass is 412 g/mol. The molecule has 1 saturated heterocycles. The van der Waals surface area contributed by atoms with E-state index in [-0.39, 0.29) is 17.4 Å². The third kappa shape index (κ3) is 4.68. The molecule has 2 heterocycles. The second kappa shape index (κ2) is 8.78. The Bertz CT molecular complexity index is 869. The molecule has 0 spiro atoms. The van der Waals surface area contributed by atoms with E-state index >= 15 is 0 Å². The number of ether oxygens (including phenoxy) is 2. The number of fused-ring (bicyclic) bond motifs is 1. The third-order valence-corrected chi connectivity index (χ3v) is 6.09. The number of benzene rings is 1. The van der Waals surface area contributed by atoms with Crippen LogP contribution in [0.15, 0.2) is 30.5 Å². The average Bonchev–Trinajstić information content (AvgIpc) is 3.16. The molecule has 7 heteroatoms. The summed E-state index contributed by atoms with van der Waals surface area (Å²) in [6.45, 7) is 8.62. The smallest absolute Gasteiger partial charge is 0.221 e. The predicted molar refractivity (Wildman–Crippen MR) is 115 cm³/mol. The molecule has 0 unspecified atom stereocenters. The fourth-order valence-electron chi connectivity index (χ4n) is 4.47. The van der Waals surface area contributed by atoms with Gasteiger partial charge in [-0.15, -0.1) is 0 Å². The molecule has 7 nitrogen and oxygen atoms in total. The minimum absolute atomic E-state index is 0.00654. The lowest BCUT2D eigenvalue weighted by Crippen LogP contribution is -2.40. The second-order valence-electron chi connectivity index (χ2n) is 9.03. The van der Waals surface area contributed by atoms with Gasteiger partial charge in [-0.3, -0.25) is 9.69 Å². The van der Waals surface area contributed by atoms with Crippen LogP contribution >= 0.6 is 0 Å². The topological polar surface area (TPSA) is 68.6 Å². The summed E-state index contributed by atoms with van der Waals surface area (Å²) in [5, 5.41) is 7.95. The summed E-state index contributed by atoms with van der Waals surface area (Å²) in [6.07, 6.45) is 4.27. The Morgan fingerprint density at radius 3 is 2.70 bits per heavy atom. The van der Waals surface area contributed by atoms with Crippen LogP contribution in [0.4, 0.5) is 0 Å². The van der Waals surface area contributed by atoms with Crippen LogP contribution in [0.25, 0.3) is 5.69 Å². The van der Waals surface area contributed by atoms with Crippen LogP contribution < -0.4 is 10.1 Å². The number of carbonyl (C=O) groups excluding carboxylic acids is 1. The molecule has 30 heavy (non-hydrogen) atoms. The van der Waals surface area contributed by atoms with E-state index in [9.17, 15) is 4.79 Å². The SMILES string of the molecule is COc1ccc(-n2ncc3c2CC(C)(C)C[C@@H]3NC(=O)CCN2CCOCC2)cc1. The van der Waals surface area contributed by atoms with Gasteiger partial charge in [0.15, 0.2) is 0 Å². The van der Waals surface area contributed by atoms with E-state index in [2.05, 4.69) is 29.2 Å². The molecule has 162 valence electrons. The van der Waals surface area contributed by atoms with Crippen molar-refractivity contribution in [3.05, 3.63) is 41.7 Å². The van der Waals surface area contributed by atoms with Gasteiger partial charge in [0.25, 0.3) is 0 Å². The van der Waals surface area contributed by atoms with Gasteiger partial charge in [0.1, 0.15) is 5.75 Å². The Hall–Kier alpha value is -2.38. The fraction of sp³-hybridized carbons (Fsp3) is 0.565. The van der Waals surface area contributed by atoms with Crippen LogP contribution in [0, 0.1) is 5.41 Å². The van der Waals surface area contributed by atoms with Crippen molar-refractivity contribution in [3.8, 4) is 11.4 Å². The lowest BCUT2D eigenvalue weighted by atomic mass is 9.74. The summed E-state index contributed by atoms with van der Waals surface area (Å²) in [7, 11) is 1.67. The van der Waals surface area contributed by atoms with E-state index in [0.717, 1.165) is 62.7 Å². The van der Waals surface area contributed by atoms with E-state index in [1.54, 1.807) is 7.11 Å². The predicted octanol–water partition coefficient (Wildman–Crippen LogP) is 2.73. The number of nitrogens with zero attached hydrogens (tertiary/aromatic N) is 3. The first-order valence-electron chi connectivity index (χ1n) is 10.8. The molecular weight excluding hydrogens is 380 g/mol. The van der Waals surface area contributed by atoms with Crippen LogP contribution in [-0.4, -0.2) is 60.5 Å². The largest absolute Gasteiger partial charge is 0.497 e. The maximum atomic E-state index is 12.7. The fourth-order valence-corrected chi connectivity index (χ4v) is 4.47. The van der Waals surface area contributed by atoms with Crippen molar-refractivity contribution in [2.45, 2.75) is 39.2 Å². The first-order chi connectivity index (χ1) is 14.4. The van der Waals surface area contributed by atoms with Crippen LogP contribution in [0.1, 0.15) is 44.0 Å². The van der Waals surface area contributed by atoms with Crippen LogP contribution in [0.2, 0.25) is 0 Å². The Kier molecular flexibility index (Phi) is 6.11. The molecule has 4 rings (SSSR count). The van der Waals surface area contributed by atoms with Crippen LogP contribution in [-0.2, 0) is 16.0 Å². The molecule has 1 fully saturated rings. The molecule has 2 aromatic rings. The maximum absolute atomic E-state index is 12.7. The Morgan fingerprint density at radius 2 is 2.00 bits per heavy atom. The summed E-state index contributed by atoms with van der Waals surface area (Å²) < 4.78 is 12.7. The summed E-state index contributed by atoms with van der Waals surface area (Å²) in [5.74, 6) is 0.929.